The monoisotopic (exact) mass is 263 g/mol. The Hall–Kier alpha value is 1.37. The molecule has 0 saturated carbocycles. The van der Waals surface area contributed by atoms with Crippen LogP contribution in [-0.2, 0) is 14.4 Å². The van der Waals surface area contributed by atoms with Gasteiger partial charge in [-0.25, -0.2) is 0 Å². The van der Waals surface area contributed by atoms with Crippen LogP contribution in [0.15, 0.2) is 0 Å². The van der Waals surface area contributed by atoms with E-state index in [4.69, 9.17) is 29.7 Å². The second-order valence-electron chi connectivity index (χ2n) is 1.47. The van der Waals surface area contributed by atoms with Gasteiger partial charge in [0, 0.05) is 17.9 Å². The molecular weight excluding hydrogens is 251 g/mol. The summed E-state index contributed by atoms with van der Waals surface area (Å²) in [5.41, 5.74) is 0. The average Bonchev–Trinajstić information content (AvgIpc) is 1.54. The first-order chi connectivity index (χ1) is 5.20. The molecule has 0 fully saturated rings. The normalized spacial score (nSPS) is 4.69. The summed E-state index contributed by atoms with van der Waals surface area (Å²) in [4.78, 5) is 26.7. The standard InChI is InChI=1S/3C2H4O2.H3N.3Na/c3*1-2(3)4;;;;/h3*1H3,(H,3,4);1H3;;;/q;;;;3*+1/p-3. The van der Waals surface area contributed by atoms with Gasteiger partial charge in [-0.2, -0.15) is 0 Å². The summed E-state index contributed by atoms with van der Waals surface area (Å²) in [5.74, 6) is -3.25. The van der Waals surface area contributed by atoms with Crippen LogP contribution in [0.4, 0.5) is 0 Å². The molecule has 16 heavy (non-hydrogen) atoms. The van der Waals surface area contributed by atoms with E-state index in [1.165, 1.54) is 0 Å². The minimum Gasteiger partial charge on any atom is -0.550 e. The zero-order valence-corrected chi connectivity index (χ0v) is 16.7. The molecule has 0 aromatic heterocycles. The third-order valence-corrected chi connectivity index (χ3v) is 0. The molecule has 0 unspecified atom stereocenters. The molecule has 0 atom stereocenters. The van der Waals surface area contributed by atoms with Crippen LogP contribution in [-0.4, -0.2) is 17.9 Å². The van der Waals surface area contributed by atoms with Gasteiger partial charge in [-0.3, -0.25) is 0 Å². The van der Waals surface area contributed by atoms with E-state index in [0.29, 0.717) is 0 Å². The topological polar surface area (TPSA) is 155 Å². The Balaban J connectivity index is -0.0000000135. The quantitative estimate of drug-likeness (QED) is 0.425. The molecule has 0 aliphatic carbocycles. The second-order valence-corrected chi connectivity index (χ2v) is 1.47. The summed E-state index contributed by atoms with van der Waals surface area (Å²) < 4.78 is 0. The summed E-state index contributed by atoms with van der Waals surface area (Å²) in [5, 5.41) is 26.7. The summed E-state index contributed by atoms with van der Waals surface area (Å²) in [6, 6.07) is 0. The van der Waals surface area contributed by atoms with Crippen molar-refractivity contribution < 1.29 is 118 Å². The van der Waals surface area contributed by atoms with Gasteiger partial charge in [0.25, 0.3) is 0 Å². The van der Waals surface area contributed by atoms with Gasteiger partial charge < -0.3 is 35.9 Å². The Kier molecular flexibility index (Phi) is 97.3. The third kappa shape index (κ3) is 1690. The molecule has 0 rings (SSSR count). The van der Waals surface area contributed by atoms with Crippen molar-refractivity contribution in [1.82, 2.24) is 6.15 Å². The molecule has 80 valence electrons. The molecule has 0 aliphatic heterocycles. The van der Waals surface area contributed by atoms with Crippen molar-refractivity contribution in [1.29, 1.82) is 0 Å². The Bertz CT molecular complexity index is 126. The molecule has 0 aromatic carbocycles. The number of carbonyl (C=O) groups excluding carboxylic acids is 3. The van der Waals surface area contributed by atoms with Gasteiger partial charge in [-0.1, -0.05) is 0 Å². The molecule has 0 bridgehead atoms. The van der Waals surface area contributed by atoms with Crippen LogP contribution < -0.4 is 110 Å². The van der Waals surface area contributed by atoms with Gasteiger partial charge in [0.2, 0.25) is 0 Å². The number of aliphatic carboxylic acids is 3. The summed E-state index contributed by atoms with van der Waals surface area (Å²) in [6.45, 7) is 2.92. The first-order valence-electron chi connectivity index (χ1n) is 2.72. The van der Waals surface area contributed by atoms with Crippen molar-refractivity contribution in [2.24, 2.45) is 0 Å². The summed E-state index contributed by atoms with van der Waals surface area (Å²) in [6.07, 6.45) is 0. The largest absolute Gasteiger partial charge is 1.00 e. The van der Waals surface area contributed by atoms with E-state index in [-0.39, 0.29) is 94.8 Å². The zero-order valence-electron chi connectivity index (χ0n) is 10.7. The molecule has 0 aliphatic rings. The van der Waals surface area contributed by atoms with Crippen molar-refractivity contribution in [3.63, 3.8) is 0 Å². The Labute approximate surface area is 161 Å². The van der Waals surface area contributed by atoms with Gasteiger partial charge in [0.1, 0.15) is 0 Å². The Morgan fingerprint density at radius 2 is 0.625 bits per heavy atom. The van der Waals surface area contributed by atoms with Gasteiger partial charge in [0.05, 0.1) is 0 Å². The first kappa shape index (κ1) is 43.3. The van der Waals surface area contributed by atoms with Crippen LogP contribution >= 0.6 is 0 Å². The fourth-order valence-electron chi connectivity index (χ4n) is 0. The molecule has 0 heterocycles. The van der Waals surface area contributed by atoms with Crippen molar-refractivity contribution in [2.75, 3.05) is 0 Å². The second kappa shape index (κ2) is 36.0. The molecule has 10 heteroatoms. The van der Waals surface area contributed by atoms with Crippen LogP contribution in [0.25, 0.3) is 0 Å². The molecule has 3 N–H and O–H groups in total. The Morgan fingerprint density at radius 3 is 0.625 bits per heavy atom. The van der Waals surface area contributed by atoms with E-state index in [9.17, 15) is 0 Å². The van der Waals surface area contributed by atoms with E-state index in [0.717, 1.165) is 20.8 Å². The minimum absolute atomic E-state index is 0. The predicted molar refractivity (Wildman–Crippen MR) is 37.1 cm³/mol. The summed E-state index contributed by atoms with van der Waals surface area (Å²) >= 11 is 0. The molecule has 0 radical (unpaired) electrons. The third-order valence-electron chi connectivity index (χ3n) is 0. The zero-order chi connectivity index (χ0) is 10.7. The van der Waals surface area contributed by atoms with Crippen molar-refractivity contribution >= 4 is 17.9 Å². The van der Waals surface area contributed by atoms with Crippen LogP contribution in [0.1, 0.15) is 20.8 Å². The molecule has 0 saturated heterocycles. The molecule has 7 nitrogen and oxygen atoms in total. The van der Waals surface area contributed by atoms with Crippen LogP contribution in [0.5, 0.6) is 0 Å². The Morgan fingerprint density at radius 1 is 0.625 bits per heavy atom. The number of hydrogen-bond acceptors (Lipinski definition) is 7. The molecule has 0 amide bonds. The first-order valence-corrected chi connectivity index (χ1v) is 2.72. The van der Waals surface area contributed by atoms with Crippen molar-refractivity contribution in [3.05, 3.63) is 0 Å². The van der Waals surface area contributed by atoms with Gasteiger partial charge >= 0.3 is 88.7 Å². The molecular formula is C6H12NNa3O6. The van der Waals surface area contributed by atoms with Crippen molar-refractivity contribution in [2.45, 2.75) is 20.8 Å². The summed E-state index contributed by atoms with van der Waals surface area (Å²) in [7, 11) is 0. The number of rotatable bonds is 0. The SMILES string of the molecule is CC(=O)[O-].CC(=O)[O-].CC(=O)[O-].N.[Na+].[Na+].[Na+]. The van der Waals surface area contributed by atoms with Gasteiger partial charge in [0.15, 0.2) is 0 Å². The van der Waals surface area contributed by atoms with E-state index < -0.39 is 17.9 Å². The minimum atomic E-state index is -1.08. The molecule has 0 aromatic rings. The number of carboxylic acid groups (broad SMARTS) is 3. The van der Waals surface area contributed by atoms with E-state index in [1.54, 1.807) is 0 Å². The van der Waals surface area contributed by atoms with Crippen molar-refractivity contribution in [3.8, 4) is 0 Å². The smallest absolute Gasteiger partial charge is 0.550 e. The van der Waals surface area contributed by atoms with Crippen LogP contribution in [0.3, 0.4) is 0 Å². The number of carbonyl (C=O) groups is 3. The maximum absolute atomic E-state index is 8.89. The fraction of sp³-hybridized carbons (Fsp3) is 0.500. The van der Waals surface area contributed by atoms with Gasteiger partial charge in [-0.15, -0.1) is 0 Å². The molecule has 0 spiro atoms. The van der Waals surface area contributed by atoms with Gasteiger partial charge in [-0.05, 0) is 20.8 Å². The number of hydrogen-bond donors (Lipinski definition) is 1. The van der Waals surface area contributed by atoms with E-state index in [1.807, 2.05) is 0 Å². The maximum atomic E-state index is 8.89. The van der Waals surface area contributed by atoms with Crippen LogP contribution in [0, 0.1) is 0 Å². The van der Waals surface area contributed by atoms with E-state index >= 15 is 0 Å². The maximum Gasteiger partial charge on any atom is 1.00 e. The number of carboxylic acids is 3. The average molecular weight is 263 g/mol. The predicted octanol–water partition coefficient (Wildman–Crippen LogP) is -12.6. The van der Waals surface area contributed by atoms with E-state index in [2.05, 4.69) is 0 Å². The van der Waals surface area contributed by atoms with Crippen LogP contribution in [0.2, 0.25) is 0 Å². The fourth-order valence-corrected chi connectivity index (χ4v) is 0.